The number of hydrogen-bond acceptors (Lipinski definition) is 1. The fraction of sp³-hybridized carbons (Fsp3) is 1.00. The predicted octanol–water partition coefficient (Wildman–Crippen LogP) is 5.30. The van der Waals surface area contributed by atoms with Crippen LogP contribution in [0.1, 0.15) is 78.1 Å². The summed E-state index contributed by atoms with van der Waals surface area (Å²) < 4.78 is 2.45. The normalized spacial score (nSPS) is 27.5. The molecule has 1 fully saturated rings. The third kappa shape index (κ3) is 5.77. The molecule has 0 aromatic carbocycles. The van der Waals surface area contributed by atoms with Crippen LogP contribution in [0.15, 0.2) is 0 Å². The molecule has 1 heterocycles. The van der Waals surface area contributed by atoms with Crippen molar-refractivity contribution < 1.29 is 0 Å². The Kier molecular flexibility index (Phi) is 8.61. The molecule has 1 rings (SSSR count). The largest absolute Gasteiger partial charge is 0.239 e. The summed E-state index contributed by atoms with van der Waals surface area (Å²) in [5.41, 5.74) is 0. The van der Waals surface area contributed by atoms with Gasteiger partial charge in [-0.15, -0.1) is 0 Å². The zero-order valence-corrected chi connectivity index (χ0v) is 13.2. The topological polar surface area (TPSA) is 3.01 Å². The van der Waals surface area contributed by atoms with Gasteiger partial charge in [0.25, 0.3) is 0 Å². The Balaban J connectivity index is 1.86. The van der Waals surface area contributed by atoms with Gasteiger partial charge in [-0.1, -0.05) is 65.2 Å². The van der Waals surface area contributed by atoms with Crippen molar-refractivity contribution in [3.8, 4) is 0 Å². The Labute approximate surface area is 114 Å². The minimum Gasteiger partial charge on any atom is -0.239 e. The maximum absolute atomic E-state index is 5.12. The summed E-state index contributed by atoms with van der Waals surface area (Å²) in [7, 11) is 1.07. The number of nitrogens with zero attached hydrogens (tertiary/aromatic N) is 1. The predicted molar refractivity (Wildman–Crippen MR) is 81.2 cm³/mol. The van der Waals surface area contributed by atoms with Gasteiger partial charge in [-0.05, 0) is 24.6 Å². The van der Waals surface area contributed by atoms with Gasteiger partial charge in [0.2, 0.25) is 0 Å². The van der Waals surface area contributed by atoms with Gasteiger partial charge in [0.15, 0.2) is 0 Å². The molecular formula is C14H28NPS. The van der Waals surface area contributed by atoms with Crippen molar-refractivity contribution in [1.29, 1.82) is 0 Å². The first-order valence-electron chi connectivity index (χ1n) is 7.46. The van der Waals surface area contributed by atoms with E-state index in [4.69, 9.17) is 11.8 Å². The van der Waals surface area contributed by atoms with Crippen molar-refractivity contribution in [2.45, 2.75) is 90.1 Å². The second kappa shape index (κ2) is 9.42. The Hall–Kier alpha value is 0.480. The van der Waals surface area contributed by atoms with Crippen LogP contribution < -0.4 is 0 Å². The van der Waals surface area contributed by atoms with Crippen LogP contribution >= 0.6 is 7.51 Å². The van der Waals surface area contributed by atoms with Gasteiger partial charge in [0, 0.05) is 12.1 Å². The lowest BCUT2D eigenvalue weighted by Crippen LogP contribution is -1.92. The lowest BCUT2D eigenvalue weighted by Gasteiger charge is -2.01. The molecule has 0 saturated carbocycles. The molecule has 1 saturated heterocycles. The monoisotopic (exact) mass is 273 g/mol. The second-order valence-corrected chi connectivity index (χ2v) is 6.38. The molecule has 0 aliphatic carbocycles. The SMILES string of the molecule is CCCCCCCCCCC1C(CC)N1P=S. The molecule has 0 N–H and O–H groups in total. The summed E-state index contributed by atoms with van der Waals surface area (Å²) in [6.45, 7) is 4.57. The van der Waals surface area contributed by atoms with Crippen molar-refractivity contribution in [3.05, 3.63) is 0 Å². The molecule has 100 valence electrons. The third-order valence-corrected chi connectivity index (χ3v) is 5.25. The number of unbranched alkanes of at least 4 members (excludes halogenated alkanes) is 7. The Morgan fingerprint density at radius 3 is 1.94 bits per heavy atom. The van der Waals surface area contributed by atoms with Crippen molar-refractivity contribution in [2.24, 2.45) is 0 Å². The maximum atomic E-state index is 5.12. The summed E-state index contributed by atoms with van der Waals surface area (Å²) in [4.78, 5) is 0. The van der Waals surface area contributed by atoms with E-state index in [2.05, 4.69) is 18.5 Å². The van der Waals surface area contributed by atoms with E-state index in [1.807, 2.05) is 0 Å². The van der Waals surface area contributed by atoms with Gasteiger partial charge in [-0.25, -0.2) is 4.67 Å². The van der Waals surface area contributed by atoms with E-state index >= 15 is 0 Å². The van der Waals surface area contributed by atoms with Crippen LogP contribution in [0.2, 0.25) is 0 Å². The molecule has 0 aromatic heterocycles. The van der Waals surface area contributed by atoms with E-state index < -0.39 is 0 Å². The third-order valence-electron chi connectivity index (χ3n) is 3.90. The van der Waals surface area contributed by atoms with Crippen LogP contribution in [0.5, 0.6) is 0 Å². The van der Waals surface area contributed by atoms with Crippen molar-refractivity contribution in [3.63, 3.8) is 0 Å². The van der Waals surface area contributed by atoms with Gasteiger partial charge in [-0.3, -0.25) is 0 Å². The first-order valence-corrected chi connectivity index (χ1v) is 9.32. The van der Waals surface area contributed by atoms with Crippen LogP contribution in [-0.4, -0.2) is 16.8 Å². The molecule has 3 unspecified atom stereocenters. The molecule has 0 aromatic rings. The minimum atomic E-state index is 0.818. The van der Waals surface area contributed by atoms with Crippen LogP contribution in [-0.2, 0) is 11.8 Å². The van der Waals surface area contributed by atoms with Crippen molar-refractivity contribution in [2.75, 3.05) is 0 Å². The first-order chi connectivity index (χ1) is 8.35. The Bertz CT molecular complexity index is 210. The molecule has 3 heteroatoms. The molecule has 0 spiro atoms. The first kappa shape index (κ1) is 15.5. The average molecular weight is 273 g/mol. The van der Waals surface area contributed by atoms with Gasteiger partial charge in [0.1, 0.15) is 0 Å². The van der Waals surface area contributed by atoms with Crippen LogP contribution in [0.4, 0.5) is 0 Å². The minimum absolute atomic E-state index is 0.818. The zero-order chi connectivity index (χ0) is 12.5. The smallest absolute Gasteiger partial charge is 0.0621 e. The van der Waals surface area contributed by atoms with Crippen molar-refractivity contribution in [1.82, 2.24) is 4.67 Å². The molecule has 0 amide bonds. The fourth-order valence-electron chi connectivity index (χ4n) is 2.71. The fourth-order valence-corrected chi connectivity index (χ4v) is 4.21. The molecule has 1 aliphatic rings. The number of rotatable bonds is 11. The van der Waals surface area contributed by atoms with E-state index in [0.717, 1.165) is 19.6 Å². The van der Waals surface area contributed by atoms with E-state index in [9.17, 15) is 0 Å². The van der Waals surface area contributed by atoms with Crippen LogP contribution in [0.3, 0.4) is 0 Å². The standard InChI is InChI=1S/C14H28NPS/c1-3-5-6-7-8-9-10-11-12-14-13(4-2)15(14)16-17/h13-14H,3-12H2,1-2H3. The van der Waals surface area contributed by atoms with Gasteiger partial charge in [0.05, 0.1) is 7.51 Å². The molecule has 0 radical (unpaired) electrons. The van der Waals surface area contributed by atoms with E-state index in [-0.39, 0.29) is 0 Å². The van der Waals surface area contributed by atoms with E-state index in [1.54, 1.807) is 0 Å². The van der Waals surface area contributed by atoms with E-state index in [1.165, 1.54) is 64.2 Å². The molecule has 17 heavy (non-hydrogen) atoms. The summed E-state index contributed by atoms with van der Waals surface area (Å²) in [6.07, 6.45) is 14.1. The lowest BCUT2D eigenvalue weighted by atomic mass is 10.1. The molecule has 1 aliphatic heterocycles. The Morgan fingerprint density at radius 2 is 1.47 bits per heavy atom. The van der Waals surface area contributed by atoms with Crippen molar-refractivity contribution >= 4 is 19.3 Å². The highest BCUT2D eigenvalue weighted by atomic mass is 32.4. The van der Waals surface area contributed by atoms with E-state index in [0.29, 0.717) is 0 Å². The molecule has 1 nitrogen and oxygen atoms in total. The highest BCUT2D eigenvalue weighted by Gasteiger charge is 2.44. The molecular weight excluding hydrogens is 245 g/mol. The molecule has 3 atom stereocenters. The summed E-state index contributed by atoms with van der Waals surface area (Å²) in [5, 5.41) is 0. The maximum Gasteiger partial charge on any atom is 0.0621 e. The summed E-state index contributed by atoms with van der Waals surface area (Å²) in [5.74, 6) is 0. The molecule has 0 bridgehead atoms. The zero-order valence-electron chi connectivity index (χ0n) is 11.5. The van der Waals surface area contributed by atoms with Gasteiger partial charge >= 0.3 is 0 Å². The average Bonchev–Trinajstić information content (AvgIpc) is 3.04. The van der Waals surface area contributed by atoms with Crippen LogP contribution in [0.25, 0.3) is 0 Å². The van der Waals surface area contributed by atoms with Crippen LogP contribution in [0, 0.1) is 0 Å². The highest BCUT2D eigenvalue weighted by Crippen LogP contribution is 2.40. The lowest BCUT2D eigenvalue weighted by molar-refractivity contribution is 0.555. The highest BCUT2D eigenvalue weighted by molar-refractivity contribution is 7.95. The Morgan fingerprint density at radius 1 is 0.882 bits per heavy atom. The van der Waals surface area contributed by atoms with Gasteiger partial charge in [-0.2, -0.15) is 0 Å². The second-order valence-electron chi connectivity index (χ2n) is 5.27. The summed E-state index contributed by atoms with van der Waals surface area (Å²) >= 11 is 5.12. The summed E-state index contributed by atoms with van der Waals surface area (Å²) in [6, 6.07) is 1.65. The van der Waals surface area contributed by atoms with Gasteiger partial charge < -0.3 is 0 Å². The number of hydrogen-bond donors (Lipinski definition) is 0. The quantitative estimate of drug-likeness (QED) is 0.285.